The van der Waals surface area contributed by atoms with Gasteiger partial charge in [-0.15, -0.1) is 0 Å². The molecule has 0 aliphatic heterocycles. The van der Waals surface area contributed by atoms with Crippen LogP contribution in [0.5, 0.6) is 0 Å². The maximum Gasteiger partial charge on any atom is 0.326 e. The van der Waals surface area contributed by atoms with Gasteiger partial charge in [0, 0.05) is 23.0 Å². The summed E-state index contributed by atoms with van der Waals surface area (Å²) in [7, 11) is 0. The van der Waals surface area contributed by atoms with E-state index in [1.807, 2.05) is 25.1 Å². The van der Waals surface area contributed by atoms with Crippen LogP contribution in [0.1, 0.15) is 34.5 Å². The van der Waals surface area contributed by atoms with E-state index in [4.69, 9.17) is 4.42 Å². The number of amides is 1. The van der Waals surface area contributed by atoms with Crippen molar-refractivity contribution >= 4 is 22.8 Å². The molecule has 0 radical (unpaired) electrons. The molecule has 2 heterocycles. The molecule has 3 N–H and O–H groups in total. The molecule has 3 aromatic rings. The van der Waals surface area contributed by atoms with Crippen LogP contribution in [0, 0.1) is 6.92 Å². The van der Waals surface area contributed by atoms with Crippen molar-refractivity contribution in [1.82, 2.24) is 10.3 Å². The highest BCUT2D eigenvalue weighted by Gasteiger charge is 2.30. The maximum atomic E-state index is 12.1. The molecule has 0 spiro atoms. The van der Waals surface area contributed by atoms with Gasteiger partial charge in [-0.05, 0) is 36.2 Å². The minimum absolute atomic E-state index is 0.0866. The van der Waals surface area contributed by atoms with E-state index >= 15 is 0 Å². The molecule has 2 aromatic heterocycles. The predicted octanol–water partition coefficient (Wildman–Crippen LogP) is 3.06. The van der Waals surface area contributed by atoms with Gasteiger partial charge in [-0.2, -0.15) is 0 Å². The lowest BCUT2D eigenvalue weighted by Crippen LogP contribution is -2.44. The van der Waals surface area contributed by atoms with Crippen LogP contribution in [0.4, 0.5) is 0 Å². The molecule has 6 heteroatoms. The van der Waals surface area contributed by atoms with Crippen LogP contribution in [0.15, 0.2) is 47.2 Å². The Morgan fingerprint density at radius 2 is 2.04 bits per heavy atom. The van der Waals surface area contributed by atoms with Gasteiger partial charge < -0.3 is 19.8 Å². The summed E-state index contributed by atoms with van der Waals surface area (Å²) >= 11 is 0. The molecule has 0 bridgehead atoms. The van der Waals surface area contributed by atoms with E-state index in [9.17, 15) is 14.7 Å². The quantitative estimate of drug-likeness (QED) is 0.671. The number of aryl methyl sites for hydroxylation is 1. The summed E-state index contributed by atoms with van der Waals surface area (Å²) in [6.07, 6.45) is 3.18. The molecule has 124 valence electrons. The normalized spacial score (nSPS) is 13.6. The lowest BCUT2D eigenvalue weighted by molar-refractivity contribution is -0.139. The monoisotopic (exact) mass is 326 g/mol. The number of nitrogens with one attached hydrogen (secondary N) is 2. The molecule has 0 saturated carbocycles. The fourth-order valence-electron chi connectivity index (χ4n) is 2.96. The molecule has 2 unspecified atom stereocenters. The van der Waals surface area contributed by atoms with Crippen molar-refractivity contribution < 1.29 is 19.1 Å². The first-order valence-corrected chi connectivity index (χ1v) is 7.63. The van der Waals surface area contributed by atoms with Crippen LogP contribution in [-0.2, 0) is 4.79 Å². The van der Waals surface area contributed by atoms with E-state index in [1.165, 1.54) is 12.3 Å². The van der Waals surface area contributed by atoms with Gasteiger partial charge in [-0.1, -0.05) is 19.1 Å². The Kier molecular flexibility index (Phi) is 4.12. The van der Waals surface area contributed by atoms with Crippen molar-refractivity contribution in [2.24, 2.45) is 0 Å². The number of carboxylic acid groups (broad SMARTS) is 1. The van der Waals surface area contributed by atoms with Gasteiger partial charge in [-0.25, -0.2) is 4.79 Å². The van der Waals surface area contributed by atoms with Crippen LogP contribution in [0.25, 0.3) is 10.9 Å². The van der Waals surface area contributed by atoms with E-state index in [2.05, 4.69) is 10.3 Å². The number of H-pyrrole nitrogens is 1. The summed E-state index contributed by atoms with van der Waals surface area (Å²) in [6, 6.07) is 7.86. The van der Waals surface area contributed by atoms with Gasteiger partial charge in [0.25, 0.3) is 5.91 Å². The number of furan rings is 1. The smallest absolute Gasteiger partial charge is 0.326 e. The number of carbonyl (C=O) groups is 2. The predicted molar refractivity (Wildman–Crippen MR) is 89.0 cm³/mol. The summed E-state index contributed by atoms with van der Waals surface area (Å²) in [6.45, 7) is 3.76. The Morgan fingerprint density at radius 3 is 2.71 bits per heavy atom. The highest BCUT2D eigenvalue weighted by Crippen LogP contribution is 2.30. The molecule has 2 atom stereocenters. The maximum absolute atomic E-state index is 12.1. The number of rotatable bonds is 5. The first-order chi connectivity index (χ1) is 11.5. The average Bonchev–Trinajstić information content (AvgIpc) is 3.21. The summed E-state index contributed by atoms with van der Waals surface area (Å²) in [5.41, 5.74) is 2.85. The third-order valence-electron chi connectivity index (χ3n) is 4.23. The van der Waals surface area contributed by atoms with Crippen LogP contribution >= 0.6 is 0 Å². The van der Waals surface area contributed by atoms with Crippen molar-refractivity contribution in [3.63, 3.8) is 0 Å². The number of fused-ring (bicyclic) bond motifs is 1. The fourth-order valence-corrected chi connectivity index (χ4v) is 2.96. The van der Waals surface area contributed by atoms with E-state index in [1.54, 1.807) is 19.2 Å². The second-order valence-electron chi connectivity index (χ2n) is 5.80. The lowest BCUT2D eigenvalue weighted by Gasteiger charge is -2.21. The van der Waals surface area contributed by atoms with Gasteiger partial charge in [0.2, 0.25) is 0 Å². The Labute approximate surface area is 138 Å². The standard InChI is InChI=1S/C18H18N2O4/c1-10-5-3-6-13-15(10)12(9-19-13)11(2)16(18(22)23)20-17(21)14-7-4-8-24-14/h3-9,11,16,19H,1-2H3,(H,20,21)(H,22,23). The minimum atomic E-state index is -1.09. The Morgan fingerprint density at radius 1 is 1.25 bits per heavy atom. The number of carboxylic acids is 1. The lowest BCUT2D eigenvalue weighted by atomic mass is 9.91. The SMILES string of the molecule is Cc1cccc2[nH]cc(C(C)C(NC(=O)c3ccco3)C(=O)O)c12. The molecule has 0 aliphatic carbocycles. The van der Waals surface area contributed by atoms with Gasteiger partial charge in [-0.3, -0.25) is 4.79 Å². The van der Waals surface area contributed by atoms with Gasteiger partial charge in [0.05, 0.1) is 6.26 Å². The molecule has 0 aliphatic rings. The van der Waals surface area contributed by atoms with Gasteiger partial charge in [0.1, 0.15) is 6.04 Å². The van der Waals surface area contributed by atoms with Crippen LogP contribution < -0.4 is 5.32 Å². The Balaban J connectivity index is 1.93. The van der Waals surface area contributed by atoms with Crippen LogP contribution in [-0.4, -0.2) is 28.0 Å². The van der Waals surface area contributed by atoms with Gasteiger partial charge in [0.15, 0.2) is 5.76 Å². The van der Waals surface area contributed by atoms with E-state index in [-0.39, 0.29) is 5.76 Å². The van der Waals surface area contributed by atoms with Crippen LogP contribution in [0.3, 0.4) is 0 Å². The van der Waals surface area contributed by atoms with E-state index in [0.717, 1.165) is 22.0 Å². The average molecular weight is 326 g/mol. The highest BCUT2D eigenvalue weighted by molar-refractivity contribution is 5.95. The van der Waals surface area contributed by atoms with Crippen molar-refractivity contribution in [2.45, 2.75) is 25.8 Å². The number of hydrogen-bond donors (Lipinski definition) is 3. The van der Waals surface area contributed by atoms with Crippen LogP contribution in [0.2, 0.25) is 0 Å². The third-order valence-corrected chi connectivity index (χ3v) is 4.23. The number of benzene rings is 1. The topological polar surface area (TPSA) is 95.3 Å². The first kappa shape index (κ1) is 15.9. The van der Waals surface area contributed by atoms with Crippen molar-refractivity contribution in [1.29, 1.82) is 0 Å². The first-order valence-electron chi connectivity index (χ1n) is 7.63. The molecule has 0 saturated heterocycles. The highest BCUT2D eigenvalue weighted by atomic mass is 16.4. The summed E-state index contributed by atoms with van der Waals surface area (Å²) in [5.74, 6) is -1.97. The second-order valence-corrected chi connectivity index (χ2v) is 5.80. The van der Waals surface area contributed by atoms with Crippen molar-refractivity contribution in [3.05, 3.63) is 59.7 Å². The summed E-state index contributed by atoms with van der Waals surface area (Å²) in [5, 5.41) is 13.1. The van der Waals surface area contributed by atoms with Crippen molar-refractivity contribution in [3.8, 4) is 0 Å². The molecular weight excluding hydrogens is 308 g/mol. The summed E-state index contributed by atoms with van der Waals surface area (Å²) in [4.78, 5) is 27.0. The zero-order valence-electron chi connectivity index (χ0n) is 13.4. The molecule has 6 nitrogen and oxygen atoms in total. The van der Waals surface area contributed by atoms with Crippen molar-refractivity contribution in [2.75, 3.05) is 0 Å². The van der Waals surface area contributed by atoms with Gasteiger partial charge >= 0.3 is 5.97 Å². The van der Waals surface area contributed by atoms with E-state index < -0.39 is 23.8 Å². The fraction of sp³-hybridized carbons (Fsp3) is 0.222. The molecule has 3 rings (SSSR count). The number of hydrogen-bond acceptors (Lipinski definition) is 3. The Bertz CT molecular complexity index is 880. The zero-order valence-corrected chi connectivity index (χ0v) is 13.4. The summed E-state index contributed by atoms with van der Waals surface area (Å²) < 4.78 is 5.02. The Hall–Kier alpha value is -3.02. The molecule has 1 amide bonds. The zero-order chi connectivity index (χ0) is 17.3. The molecule has 24 heavy (non-hydrogen) atoms. The second kappa shape index (κ2) is 6.23. The minimum Gasteiger partial charge on any atom is -0.480 e. The number of aliphatic carboxylic acids is 1. The number of carbonyl (C=O) groups excluding carboxylic acids is 1. The largest absolute Gasteiger partial charge is 0.480 e. The molecule has 1 aromatic carbocycles. The van der Waals surface area contributed by atoms with E-state index in [0.29, 0.717) is 0 Å². The number of aromatic amines is 1. The molecule has 0 fully saturated rings. The number of aromatic nitrogens is 1. The molecular formula is C18H18N2O4. The third kappa shape index (κ3) is 2.78.